The highest BCUT2D eigenvalue weighted by molar-refractivity contribution is 7.51. The number of ether oxygens (including phenoxy) is 1. The predicted octanol–water partition coefficient (Wildman–Crippen LogP) is -0.698. The van der Waals surface area contributed by atoms with Crippen LogP contribution in [0.15, 0.2) is 35.8 Å². The molecule has 1 aliphatic rings. The normalized spacial score (nSPS) is 26.3. The topological polar surface area (TPSA) is 161 Å². The molecule has 0 amide bonds. The van der Waals surface area contributed by atoms with Crippen molar-refractivity contribution in [3.05, 3.63) is 41.5 Å². The number of rotatable bonds is 5. The van der Waals surface area contributed by atoms with Gasteiger partial charge in [0.05, 0.1) is 18.8 Å². The Morgan fingerprint density at radius 1 is 1.50 bits per heavy atom. The zero-order valence-corrected chi connectivity index (χ0v) is 13.4. The smallest absolute Gasteiger partial charge is 0.383 e. The molecule has 0 aromatic carbocycles. The van der Waals surface area contributed by atoms with Gasteiger partial charge in [0.1, 0.15) is 12.1 Å². The lowest BCUT2D eigenvalue weighted by Crippen LogP contribution is -2.35. The molecule has 2 aromatic rings. The number of aromatic nitrogens is 4. The third-order valence-corrected chi connectivity index (χ3v) is 4.88. The Labute approximate surface area is 136 Å². The minimum Gasteiger partial charge on any atom is -0.383 e. The number of hydrogen-bond donors (Lipinski definition) is 3. The number of anilines is 1. The molecule has 3 rings (SSSR count). The van der Waals surface area contributed by atoms with Gasteiger partial charge >= 0.3 is 13.4 Å². The Bertz CT molecular complexity index is 809. The minimum absolute atomic E-state index is 0.101. The molecule has 130 valence electrons. The van der Waals surface area contributed by atoms with E-state index < -0.39 is 31.8 Å². The summed E-state index contributed by atoms with van der Waals surface area (Å²) in [6, 6.07) is 0.968. The molecule has 2 aromatic heterocycles. The summed E-state index contributed by atoms with van der Waals surface area (Å²) in [5.41, 5.74) is 10.9. The Kier molecular flexibility index (Phi) is 4.52. The number of nitrogens with zero attached hydrogens (tertiary/aromatic N) is 4. The fourth-order valence-corrected chi connectivity index (χ4v) is 3.33. The summed E-state index contributed by atoms with van der Waals surface area (Å²) in [6.45, 7) is -0.159. The molecular formula is C12H17N6O5P. The maximum Gasteiger partial charge on any atom is 0.437 e. The second-order valence-electron chi connectivity index (χ2n) is 5.32. The first-order chi connectivity index (χ1) is 11.4. The quantitative estimate of drug-likeness (QED) is 0.588. The predicted molar refractivity (Wildman–Crippen MR) is 82.8 cm³/mol. The standard InChI is InChI=1S/C12H17N6O5P/c13-9-5-8(6-22-24(20,21)17-4-2-15-7-17)23-11(9)18-3-1-10(14)16-12(18)19/h1-4,7-9,11H,5-6,13H2,(H,20,21)(H2,14,16,19)/t8-,9+,11+/m0/s1. The average Bonchev–Trinajstić information content (AvgIpc) is 3.16. The van der Waals surface area contributed by atoms with E-state index in [-0.39, 0.29) is 12.4 Å². The van der Waals surface area contributed by atoms with Gasteiger partial charge in [0.2, 0.25) is 0 Å². The maximum absolute atomic E-state index is 12.0. The van der Waals surface area contributed by atoms with Gasteiger partial charge in [-0.2, -0.15) is 4.98 Å². The van der Waals surface area contributed by atoms with Crippen molar-refractivity contribution in [3.8, 4) is 0 Å². The molecule has 12 heteroatoms. The number of nitrogen functional groups attached to an aromatic ring is 1. The van der Waals surface area contributed by atoms with E-state index in [1.807, 2.05) is 0 Å². The zero-order valence-electron chi connectivity index (χ0n) is 12.5. The molecule has 4 atom stereocenters. The van der Waals surface area contributed by atoms with Crippen LogP contribution in [0, 0.1) is 0 Å². The second kappa shape index (κ2) is 6.46. The van der Waals surface area contributed by atoms with Crippen LogP contribution in [-0.2, 0) is 13.8 Å². The molecule has 1 unspecified atom stereocenters. The van der Waals surface area contributed by atoms with Gasteiger partial charge in [0.15, 0.2) is 6.23 Å². The van der Waals surface area contributed by atoms with Crippen LogP contribution in [0.3, 0.4) is 0 Å². The number of hydrogen-bond acceptors (Lipinski definition) is 8. The Balaban J connectivity index is 1.66. The highest BCUT2D eigenvalue weighted by Gasteiger charge is 2.36. The third-order valence-electron chi connectivity index (χ3n) is 3.57. The fourth-order valence-electron chi connectivity index (χ4n) is 2.42. The lowest BCUT2D eigenvalue weighted by Gasteiger charge is -2.18. The Hall–Kier alpha value is -2.04. The molecule has 24 heavy (non-hydrogen) atoms. The fraction of sp³-hybridized carbons (Fsp3) is 0.417. The summed E-state index contributed by atoms with van der Waals surface area (Å²) < 4.78 is 25.0. The SMILES string of the molecule is Nc1ccn([C@@H]2O[C@H](COP(=O)(O)n3ccnc3)C[C@H]2N)c(=O)n1. The van der Waals surface area contributed by atoms with E-state index in [1.165, 1.54) is 35.6 Å². The lowest BCUT2D eigenvalue weighted by atomic mass is 10.2. The lowest BCUT2D eigenvalue weighted by molar-refractivity contribution is -0.0252. The molecule has 0 radical (unpaired) electrons. The van der Waals surface area contributed by atoms with Crippen molar-refractivity contribution in [2.24, 2.45) is 5.73 Å². The molecule has 3 heterocycles. The molecule has 0 spiro atoms. The van der Waals surface area contributed by atoms with Crippen molar-refractivity contribution < 1.29 is 18.7 Å². The first kappa shape index (κ1) is 16.8. The maximum atomic E-state index is 12.0. The summed E-state index contributed by atoms with van der Waals surface area (Å²) in [4.78, 5) is 29.0. The number of imidazole rings is 1. The van der Waals surface area contributed by atoms with Gasteiger partial charge in [-0.05, 0) is 12.5 Å². The summed E-state index contributed by atoms with van der Waals surface area (Å²) in [5, 5.41) is 0. The van der Waals surface area contributed by atoms with E-state index in [0.29, 0.717) is 6.42 Å². The molecule has 1 saturated heterocycles. The molecule has 11 nitrogen and oxygen atoms in total. The van der Waals surface area contributed by atoms with Crippen molar-refractivity contribution >= 4 is 13.6 Å². The monoisotopic (exact) mass is 356 g/mol. The van der Waals surface area contributed by atoms with Crippen LogP contribution in [0.1, 0.15) is 12.6 Å². The van der Waals surface area contributed by atoms with E-state index in [0.717, 1.165) is 4.34 Å². The van der Waals surface area contributed by atoms with Crippen molar-refractivity contribution in [1.82, 2.24) is 18.9 Å². The first-order valence-corrected chi connectivity index (χ1v) is 8.62. The van der Waals surface area contributed by atoms with E-state index in [1.54, 1.807) is 0 Å². The van der Waals surface area contributed by atoms with E-state index in [9.17, 15) is 14.3 Å². The largest absolute Gasteiger partial charge is 0.437 e. The van der Waals surface area contributed by atoms with Crippen molar-refractivity contribution in [3.63, 3.8) is 0 Å². The Morgan fingerprint density at radius 2 is 2.29 bits per heavy atom. The van der Waals surface area contributed by atoms with Crippen molar-refractivity contribution in [2.75, 3.05) is 12.3 Å². The molecular weight excluding hydrogens is 339 g/mol. The minimum atomic E-state index is -4.04. The third kappa shape index (κ3) is 3.40. The second-order valence-corrected chi connectivity index (χ2v) is 7.02. The van der Waals surface area contributed by atoms with Gasteiger partial charge < -0.3 is 21.1 Å². The van der Waals surface area contributed by atoms with Gasteiger partial charge in [0.25, 0.3) is 0 Å². The van der Waals surface area contributed by atoms with Gasteiger partial charge in [-0.3, -0.25) is 9.09 Å². The Morgan fingerprint density at radius 3 is 2.96 bits per heavy atom. The summed E-state index contributed by atoms with van der Waals surface area (Å²) in [7, 11) is -4.04. The average molecular weight is 356 g/mol. The molecule has 0 aliphatic carbocycles. The van der Waals surface area contributed by atoms with Crippen LogP contribution in [0.5, 0.6) is 0 Å². The van der Waals surface area contributed by atoms with E-state index >= 15 is 0 Å². The first-order valence-electron chi connectivity index (χ1n) is 7.08. The summed E-state index contributed by atoms with van der Waals surface area (Å²) in [5.74, 6) is 0.101. The van der Waals surface area contributed by atoms with Crippen LogP contribution < -0.4 is 17.2 Å². The van der Waals surface area contributed by atoms with Gasteiger partial charge in [-0.1, -0.05) is 0 Å². The number of nitrogens with two attached hydrogens (primary N) is 2. The zero-order chi connectivity index (χ0) is 17.3. The highest BCUT2D eigenvalue weighted by Crippen LogP contribution is 2.44. The van der Waals surface area contributed by atoms with Gasteiger partial charge in [-0.25, -0.2) is 18.7 Å². The van der Waals surface area contributed by atoms with E-state index in [2.05, 4.69) is 9.97 Å². The summed E-state index contributed by atoms with van der Waals surface area (Å²) in [6.07, 6.45) is 4.38. The molecule has 5 N–H and O–H groups in total. The van der Waals surface area contributed by atoms with Crippen LogP contribution in [-0.4, -0.2) is 42.5 Å². The molecule has 0 bridgehead atoms. The summed E-state index contributed by atoms with van der Waals surface area (Å²) >= 11 is 0. The molecule has 1 aliphatic heterocycles. The molecule has 1 fully saturated rings. The van der Waals surface area contributed by atoms with Crippen LogP contribution in [0.4, 0.5) is 5.82 Å². The van der Waals surface area contributed by atoms with Gasteiger partial charge in [-0.15, -0.1) is 0 Å². The van der Waals surface area contributed by atoms with Crippen molar-refractivity contribution in [2.45, 2.75) is 24.8 Å². The van der Waals surface area contributed by atoms with Crippen LogP contribution in [0.2, 0.25) is 0 Å². The van der Waals surface area contributed by atoms with Crippen molar-refractivity contribution in [1.29, 1.82) is 0 Å². The highest BCUT2D eigenvalue weighted by atomic mass is 31.2. The molecule has 0 saturated carbocycles. The van der Waals surface area contributed by atoms with Crippen LogP contribution in [0.25, 0.3) is 0 Å². The van der Waals surface area contributed by atoms with E-state index in [4.69, 9.17) is 20.7 Å². The van der Waals surface area contributed by atoms with Crippen LogP contribution >= 0.6 is 7.75 Å². The van der Waals surface area contributed by atoms with Gasteiger partial charge in [0, 0.05) is 18.6 Å².